The van der Waals surface area contributed by atoms with Crippen LogP contribution in [0, 0.1) is 0 Å². The van der Waals surface area contributed by atoms with Crippen molar-refractivity contribution in [2.45, 2.75) is 30.6 Å². The molecule has 38 heavy (non-hydrogen) atoms. The van der Waals surface area contributed by atoms with Gasteiger partial charge in [-0.1, -0.05) is 64.1 Å². The number of ketones is 1. The van der Waals surface area contributed by atoms with Crippen LogP contribution in [0.1, 0.15) is 39.1 Å². The Morgan fingerprint density at radius 2 is 1.76 bits per heavy atom. The van der Waals surface area contributed by atoms with Crippen molar-refractivity contribution in [1.82, 2.24) is 14.9 Å². The molecule has 194 valence electrons. The standard InChI is InChI=1S/C29H26BrN3O4S/c30-22-13-11-20(12-14-22)26(34)18-38-29-32-25-6-2-1-5-24(25)28(36)33(29)17-19-7-9-21(10-8-19)27(35)31-16-23-4-3-15-37-23/h1-2,5-14,23H,3-4,15-18H2,(H,31,35)/t23-/m0/s1. The molecule has 1 atom stereocenters. The zero-order valence-electron chi connectivity index (χ0n) is 20.6. The van der Waals surface area contributed by atoms with Gasteiger partial charge >= 0.3 is 0 Å². The zero-order chi connectivity index (χ0) is 26.5. The summed E-state index contributed by atoms with van der Waals surface area (Å²) in [5, 5.41) is 3.91. The second kappa shape index (κ2) is 12.1. The Balaban J connectivity index is 1.34. The Labute approximate surface area is 232 Å². The van der Waals surface area contributed by atoms with E-state index in [1.54, 1.807) is 41.0 Å². The number of rotatable bonds is 9. The lowest BCUT2D eigenvalue weighted by Crippen LogP contribution is -2.31. The second-order valence-electron chi connectivity index (χ2n) is 9.06. The fourth-order valence-electron chi connectivity index (χ4n) is 4.30. The Morgan fingerprint density at radius 3 is 2.50 bits per heavy atom. The average Bonchev–Trinajstić information content (AvgIpc) is 3.47. The molecule has 5 rings (SSSR count). The van der Waals surface area contributed by atoms with Crippen LogP contribution in [0.25, 0.3) is 10.9 Å². The maximum Gasteiger partial charge on any atom is 0.262 e. The van der Waals surface area contributed by atoms with Gasteiger partial charge in [-0.15, -0.1) is 0 Å². The minimum absolute atomic E-state index is 0.0465. The highest BCUT2D eigenvalue weighted by Crippen LogP contribution is 2.21. The van der Waals surface area contributed by atoms with Crippen molar-refractivity contribution >= 4 is 50.3 Å². The van der Waals surface area contributed by atoms with Gasteiger partial charge in [0.25, 0.3) is 11.5 Å². The van der Waals surface area contributed by atoms with Crippen LogP contribution >= 0.6 is 27.7 Å². The first-order valence-corrected chi connectivity index (χ1v) is 14.2. The van der Waals surface area contributed by atoms with Crippen LogP contribution in [0.5, 0.6) is 0 Å². The molecule has 1 amide bonds. The number of nitrogens with zero attached hydrogens (tertiary/aromatic N) is 2. The van der Waals surface area contributed by atoms with Gasteiger partial charge in [0.05, 0.1) is 29.3 Å². The van der Waals surface area contributed by atoms with E-state index in [1.165, 1.54) is 11.8 Å². The molecule has 0 saturated carbocycles. The van der Waals surface area contributed by atoms with E-state index < -0.39 is 0 Å². The number of aromatic nitrogens is 2. The summed E-state index contributed by atoms with van der Waals surface area (Å²) >= 11 is 4.63. The van der Waals surface area contributed by atoms with Crippen molar-refractivity contribution in [3.8, 4) is 0 Å². The summed E-state index contributed by atoms with van der Waals surface area (Å²) in [7, 11) is 0. The average molecular weight is 593 g/mol. The van der Waals surface area contributed by atoms with Crippen molar-refractivity contribution in [1.29, 1.82) is 0 Å². The van der Waals surface area contributed by atoms with Crippen LogP contribution in [0.2, 0.25) is 0 Å². The van der Waals surface area contributed by atoms with E-state index in [1.807, 2.05) is 36.4 Å². The van der Waals surface area contributed by atoms with Crippen LogP contribution < -0.4 is 10.9 Å². The minimum atomic E-state index is -0.174. The molecule has 0 radical (unpaired) electrons. The monoisotopic (exact) mass is 591 g/mol. The summed E-state index contributed by atoms with van der Waals surface area (Å²) in [5.74, 6) is -0.0509. The summed E-state index contributed by atoms with van der Waals surface area (Å²) in [6, 6.07) is 21.6. The molecule has 0 bridgehead atoms. The first-order valence-electron chi connectivity index (χ1n) is 12.4. The predicted molar refractivity (Wildman–Crippen MR) is 152 cm³/mol. The summed E-state index contributed by atoms with van der Waals surface area (Å²) in [6.45, 7) is 1.51. The highest BCUT2D eigenvalue weighted by Gasteiger charge is 2.17. The number of fused-ring (bicyclic) bond motifs is 1. The van der Waals surface area contributed by atoms with E-state index in [4.69, 9.17) is 9.72 Å². The molecule has 4 aromatic rings. The van der Waals surface area contributed by atoms with Gasteiger partial charge in [-0.05, 0) is 54.8 Å². The number of halogens is 1. The molecule has 0 aliphatic carbocycles. The number of Topliss-reactive ketones (excluding diaryl/α,β-unsaturated/α-hetero) is 1. The smallest absolute Gasteiger partial charge is 0.262 e. The maximum absolute atomic E-state index is 13.4. The number of hydrogen-bond acceptors (Lipinski definition) is 6. The Kier molecular flexibility index (Phi) is 8.36. The van der Waals surface area contributed by atoms with Gasteiger partial charge in [-0.25, -0.2) is 4.98 Å². The first-order chi connectivity index (χ1) is 18.5. The van der Waals surface area contributed by atoms with Gasteiger partial charge < -0.3 is 10.1 Å². The molecular weight excluding hydrogens is 566 g/mol. The molecule has 1 aliphatic heterocycles. The fraction of sp³-hybridized carbons (Fsp3) is 0.241. The quantitative estimate of drug-likeness (QED) is 0.166. The van der Waals surface area contributed by atoms with Gasteiger partial charge in [0.2, 0.25) is 0 Å². The zero-order valence-corrected chi connectivity index (χ0v) is 23.0. The molecule has 7 nitrogen and oxygen atoms in total. The van der Waals surface area contributed by atoms with Gasteiger partial charge in [-0.2, -0.15) is 0 Å². The SMILES string of the molecule is O=C(CSc1nc2ccccc2c(=O)n1Cc1ccc(C(=O)NC[C@@H]2CCCO2)cc1)c1ccc(Br)cc1. The van der Waals surface area contributed by atoms with Gasteiger partial charge in [-0.3, -0.25) is 19.0 Å². The molecule has 1 fully saturated rings. The highest BCUT2D eigenvalue weighted by molar-refractivity contribution is 9.10. The van der Waals surface area contributed by atoms with Gasteiger partial charge in [0.1, 0.15) is 0 Å². The molecule has 0 spiro atoms. The molecule has 1 N–H and O–H groups in total. The Hall–Kier alpha value is -3.27. The number of ether oxygens (including phenoxy) is 1. The van der Waals surface area contributed by atoms with Crippen molar-refractivity contribution in [2.24, 2.45) is 0 Å². The van der Waals surface area contributed by atoms with Crippen LogP contribution in [-0.2, 0) is 11.3 Å². The summed E-state index contributed by atoms with van der Waals surface area (Å²) in [5.41, 5.74) is 2.41. The third-order valence-corrected chi connectivity index (χ3v) is 7.90. The van der Waals surface area contributed by atoms with Crippen LogP contribution in [-0.4, -0.2) is 46.2 Å². The predicted octanol–water partition coefficient (Wildman–Crippen LogP) is 5.09. The maximum atomic E-state index is 13.4. The molecule has 9 heteroatoms. The normalized spacial score (nSPS) is 15.0. The summed E-state index contributed by atoms with van der Waals surface area (Å²) < 4.78 is 8.06. The van der Waals surface area contributed by atoms with Crippen LogP contribution in [0.4, 0.5) is 0 Å². The van der Waals surface area contributed by atoms with E-state index >= 15 is 0 Å². The fourth-order valence-corrected chi connectivity index (χ4v) is 5.46. The summed E-state index contributed by atoms with van der Waals surface area (Å²) in [4.78, 5) is 43.5. The third-order valence-electron chi connectivity index (χ3n) is 6.40. The molecule has 3 aromatic carbocycles. The molecule has 0 unspecified atom stereocenters. The Bertz CT molecular complexity index is 1510. The topological polar surface area (TPSA) is 90.3 Å². The second-order valence-corrected chi connectivity index (χ2v) is 10.9. The molecule has 1 saturated heterocycles. The number of carbonyl (C=O) groups is 2. The number of benzene rings is 3. The van der Waals surface area contributed by atoms with Gasteiger partial charge in [0.15, 0.2) is 10.9 Å². The number of thioether (sulfide) groups is 1. The molecule has 2 heterocycles. The first kappa shape index (κ1) is 26.3. The molecular formula is C29H26BrN3O4S. The van der Waals surface area contributed by atoms with Gasteiger partial charge in [0, 0.05) is 28.8 Å². The van der Waals surface area contributed by atoms with Crippen molar-refractivity contribution < 1.29 is 14.3 Å². The number of nitrogens with one attached hydrogen (secondary N) is 1. The summed E-state index contributed by atoms with van der Waals surface area (Å²) in [6.07, 6.45) is 2.07. The van der Waals surface area contributed by atoms with Crippen LogP contribution in [0.15, 0.2) is 87.2 Å². The van der Waals surface area contributed by atoms with E-state index in [9.17, 15) is 14.4 Å². The Morgan fingerprint density at radius 1 is 1.03 bits per heavy atom. The molecule has 1 aliphatic rings. The third kappa shape index (κ3) is 6.23. The number of amides is 1. The number of carbonyl (C=O) groups excluding carboxylic acids is 2. The van der Waals surface area contributed by atoms with E-state index in [0.717, 1.165) is 29.5 Å². The highest BCUT2D eigenvalue weighted by atomic mass is 79.9. The lowest BCUT2D eigenvalue weighted by Gasteiger charge is -2.14. The van der Waals surface area contributed by atoms with E-state index in [2.05, 4.69) is 21.2 Å². The molecule has 1 aromatic heterocycles. The minimum Gasteiger partial charge on any atom is -0.376 e. The van der Waals surface area contributed by atoms with Crippen molar-refractivity contribution in [3.63, 3.8) is 0 Å². The van der Waals surface area contributed by atoms with E-state index in [0.29, 0.717) is 33.7 Å². The number of hydrogen-bond donors (Lipinski definition) is 1. The van der Waals surface area contributed by atoms with E-state index in [-0.39, 0.29) is 35.7 Å². The lowest BCUT2D eigenvalue weighted by atomic mass is 10.1. The number of para-hydroxylation sites is 1. The lowest BCUT2D eigenvalue weighted by molar-refractivity contribution is 0.0857. The van der Waals surface area contributed by atoms with Crippen LogP contribution in [0.3, 0.4) is 0 Å². The van der Waals surface area contributed by atoms with Crippen molar-refractivity contribution in [3.05, 3.63) is 104 Å². The van der Waals surface area contributed by atoms with Crippen molar-refractivity contribution in [2.75, 3.05) is 18.9 Å². The largest absolute Gasteiger partial charge is 0.376 e.